The molecule has 1 saturated carbocycles. The maximum absolute atomic E-state index is 12.6. The van der Waals surface area contributed by atoms with Crippen molar-refractivity contribution in [1.29, 1.82) is 0 Å². The summed E-state index contributed by atoms with van der Waals surface area (Å²) in [5.74, 6) is 0.902. The maximum Gasteiger partial charge on any atom is 0.325 e. The van der Waals surface area contributed by atoms with Crippen LogP contribution in [0.15, 0.2) is 0 Å². The first-order valence-electron chi connectivity index (χ1n) is 7.73. The predicted octanol–water partition coefficient (Wildman–Crippen LogP) is 1.90. The number of urea groups is 1. The summed E-state index contributed by atoms with van der Waals surface area (Å²) in [4.78, 5) is 26.1. The Hall–Kier alpha value is -1.10. The van der Waals surface area contributed by atoms with E-state index >= 15 is 0 Å². The topological polar surface area (TPSA) is 69.6 Å². The lowest BCUT2D eigenvalue weighted by Crippen LogP contribution is -2.52. The van der Waals surface area contributed by atoms with Crippen molar-refractivity contribution in [3.05, 3.63) is 0 Å². The molecule has 1 heterocycles. The molecule has 1 saturated heterocycles. The third-order valence-corrected chi connectivity index (χ3v) is 4.48. The number of amides is 3. The zero-order valence-electron chi connectivity index (χ0n) is 12.5. The van der Waals surface area contributed by atoms with Crippen LogP contribution in [0.5, 0.6) is 0 Å². The molecule has 2 rings (SSSR count). The summed E-state index contributed by atoms with van der Waals surface area (Å²) in [5.41, 5.74) is -0.648. The van der Waals surface area contributed by atoms with E-state index in [-0.39, 0.29) is 18.5 Å². The first kappa shape index (κ1) is 15.3. The SMILES string of the molecule is CC1CC(C)CC2(C1)NC(=O)N(CCCCCO)C2=O. The van der Waals surface area contributed by atoms with E-state index < -0.39 is 5.54 Å². The van der Waals surface area contributed by atoms with Crippen LogP contribution in [-0.2, 0) is 4.79 Å². The molecule has 1 spiro atoms. The summed E-state index contributed by atoms with van der Waals surface area (Å²) in [5, 5.41) is 11.7. The number of carbonyl (C=O) groups is 2. The van der Waals surface area contributed by atoms with Crippen LogP contribution in [0.4, 0.5) is 4.79 Å². The molecule has 2 fully saturated rings. The van der Waals surface area contributed by atoms with Gasteiger partial charge in [-0.2, -0.15) is 0 Å². The average Bonchev–Trinajstić information content (AvgIpc) is 2.56. The standard InChI is InChI=1S/C15H26N2O3/c1-11-8-12(2)10-15(9-11)13(19)17(14(20)16-15)6-4-3-5-7-18/h11-12,18H,3-10H2,1-2H3,(H,16,20). The summed E-state index contributed by atoms with van der Waals surface area (Å²) in [6.07, 6.45) is 4.97. The molecule has 5 nitrogen and oxygen atoms in total. The molecule has 3 amide bonds. The minimum absolute atomic E-state index is 0.0371. The van der Waals surface area contributed by atoms with Crippen LogP contribution in [0.25, 0.3) is 0 Å². The van der Waals surface area contributed by atoms with Gasteiger partial charge in [0, 0.05) is 13.2 Å². The molecule has 0 bridgehead atoms. The van der Waals surface area contributed by atoms with Crippen LogP contribution in [0.2, 0.25) is 0 Å². The number of unbranched alkanes of at least 4 members (excludes halogenated alkanes) is 2. The molecule has 2 atom stereocenters. The number of hydrogen-bond acceptors (Lipinski definition) is 3. The van der Waals surface area contributed by atoms with Crippen molar-refractivity contribution in [2.45, 2.75) is 57.9 Å². The lowest BCUT2D eigenvalue weighted by atomic mass is 9.71. The van der Waals surface area contributed by atoms with E-state index in [1.54, 1.807) is 0 Å². The third kappa shape index (κ3) is 2.97. The summed E-state index contributed by atoms with van der Waals surface area (Å²) in [6, 6.07) is -0.236. The molecule has 0 aromatic heterocycles. The molecule has 20 heavy (non-hydrogen) atoms. The highest BCUT2D eigenvalue weighted by molar-refractivity contribution is 6.07. The first-order valence-corrected chi connectivity index (χ1v) is 7.73. The number of aliphatic hydroxyl groups is 1. The van der Waals surface area contributed by atoms with Crippen LogP contribution >= 0.6 is 0 Å². The minimum atomic E-state index is -0.648. The van der Waals surface area contributed by atoms with Crippen molar-refractivity contribution in [3.63, 3.8) is 0 Å². The van der Waals surface area contributed by atoms with Crippen LogP contribution in [0, 0.1) is 11.8 Å². The second-order valence-corrected chi connectivity index (χ2v) is 6.61. The molecule has 2 N–H and O–H groups in total. The van der Waals surface area contributed by atoms with Gasteiger partial charge in [-0.3, -0.25) is 9.69 Å². The largest absolute Gasteiger partial charge is 0.396 e. The second kappa shape index (κ2) is 6.12. The van der Waals surface area contributed by atoms with E-state index in [0.29, 0.717) is 18.4 Å². The first-order chi connectivity index (χ1) is 9.48. The summed E-state index contributed by atoms with van der Waals surface area (Å²) in [7, 11) is 0. The maximum atomic E-state index is 12.6. The molecule has 0 aromatic carbocycles. The smallest absolute Gasteiger partial charge is 0.325 e. The number of aliphatic hydroxyl groups excluding tert-OH is 1. The lowest BCUT2D eigenvalue weighted by Gasteiger charge is -2.37. The molecule has 114 valence electrons. The number of rotatable bonds is 5. The Bertz CT molecular complexity index is 373. The molecule has 2 unspecified atom stereocenters. The lowest BCUT2D eigenvalue weighted by molar-refractivity contribution is -0.133. The van der Waals surface area contributed by atoms with Gasteiger partial charge in [0.2, 0.25) is 0 Å². The van der Waals surface area contributed by atoms with Crippen molar-refractivity contribution >= 4 is 11.9 Å². The Morgan fingerprint density at radius 3 is 2.45 bits per heavy atom. The van der Waals surface area contributed by atoms with Gasteiger partial charge in [-0.25, -0.2) is 4.79 Å². The van der Waals surface area contributed by atoms with Gasteiger partial charge in [0.05, 0.1) is 0 Å². The van der Waals surface area contributed by atoms with Crippen LogP contribution in [0.1, 0.15) is 52.4 Å². The summed E-state index contributed by atoms with van der Waals surface area (Å²) >= 11 is 0. The highest BCUT2D eigenvalue weighted by atomic mass is 16.3. The van der Waals surface area contributed by atoms with Gasteiger partial charge >= 0.3 is 6.03 Å². The molecule has 1 aliphatic carbocycles. The fourth-order valence-corrected chi connectivity index (χ4v) is 3.84. The van der Waals surface area contributed by atoms with Gasteiger partial charge < -0.3 is 10.4 Å². The van der Waals surface area contributed by atoms with Gasteiger partial charge in [-0.15, -0.1) is 0 Å². The number of carbonyl (C=O) groups excluding carboxylic acids is 2. The molecule has 0 aromatic rings. The zero-order chi connectivity index (χ0) is 14.8. The van der Waals surface area contributed by atoms with Gasteiger partial charge in [-0.1, -0.05) is 13.8 Å². The van der Waals surface area contributed by atoms with Crippen molar-refractivity contribution in [2.24, 2.45) is 11.8 Å². The molecular formula is C15H26N2O3. The summed E-state index contributed by atoms with van der Waals surface area (Å²) in [6.45, 7) is 4.94. The van der Waals surface area contributed by atoms with E-state index in [1.807, 2.05) is 0 Å². The fourth-order valence-electron chi connectivity index (χ4n) is 3.84. The highest BCUT2D eigenvalue weighted by Gasteiger charge is 2.53. The Kier molecular flexibility index (Phi) is 4.68. The van der Waals surface area contributed by atoms with E-state index in [2.05, 4.69) is 19.2 Å². The molecule has 0 radical (unpaired) electrons. The van der Waals surface area contributed by atoms with Gasteiger partial charge in [0.15, 0.2) is 0 Å². The van der Waals surface area contributed by atoms with Gasteiger partial charge in [0.1, 0.15) is 5.54 Å². The molecular weight excluding hydrogens is 256 g/mol. The number of nitrogens with zero attached hydrogens (tertiary/aromatic N) is 1. The number of nitrogens with one attached hydrogen (secondary N) is 1. The van der Waals surface area contributed by atoms with Crippen LogP contribution in [0.3, 0.4) is 0 Å². The Morgan fingerprint density at radius 2 is 1.85 bits per heavy atom. The molecule has 1 aliphatic heterocycles. The van der Waals surface area contributed by atoms with Crippen molar-refractivity contribution in [2.75, 3.05) is 13.2 Å². The average molecular weight is 282 g/mol. The van der Waals surface area contributed by atoms with Crippen molar-refractivity contribution in [1.82, 2.24) is 10.2 Å². The van der Waals surface area contributed by atoms with Gasteiger partial charge in [0.25, 0.3) is 5.91 Å². The third-order valence-electron chi connectivity index (χ3n) is 4.48. The van der Waals surface area contributed by atoms with Crippen LogP contribution in [-0.4, -0.2) is 40.6 Å². The number of hydrogen-bond donors (Lipinski definition) is 2. The molecule has 5 heteroatoms. The highest BCUT2D eigenvalue weighted by Crippen LogP contribution is 2.39. The predicted molar refractivity (Wildman–Crippen MR) is 76.1 cm³/mol. The fraction of sp³-hybridized carbons (Fsp3) is 0.867. The quantitative estimate of drug-likeness (QED) is 0.597. The van der Waals surface area contributed by atoms with E-state index in [1.165, 1.54) is 4.90 Å². The Labute approximate surface area is 120 Å². The second-order valence-electron chi connectivity index (χ2n) is 6.61. The van der Waals surface area contributed by atoms with Gasteiger partial charge in [-0.05, 0) is 50.4 Å². The van der Waals surface area contributed by atoms with E-state index in [0.717, 1.165) is 38.5 Å². The normalized spacial score (nSPS) is 33.9. The Balaban J connectivity index is 2.00. The molecule has 2 aliphatic rings. The number of imide groups is 1. The summed E-state index contributed by atoms with van der Waals surface area (Å²) < 4.78 is 0. The Morgan fingerprint density at radius 1 is 1.20 bits per heavy atom. The van der Waals surface area contributed by atoms with Crippen LogP contribution < -0.4 is 5.32 Å². The van der Waals surface area contributed by atoms with E-state index in [4.69, 9.17) is 5.11 Å². The monoisotopic (exact) mass is 282 g/mol. The van der Waals surface area contributed by atoms with Crippen molar-refractivity contribution in [3.8, 4) is 0 Å². The zero-order valence-corrected chi connectivity index (χ0v) is 12.5. The van der Waals surface area contributed by atoms with Crippen molar-refractivity contribution < 1.29 is 14.7 Å². The minimum Gasteiger partial charge on any atom is -0.396 e. The van der Waals surface area contributed by atoms with E-state index in [9.17, 15) is 9.59 Å².